The summed E-state index contributed by atoms with van der Waals surface area (Å²) < 4.78 is 28.6. The van der Waals surface area contributed by atoms with Crippen molar-refractivity contribution in [2.24, 2.45) is 0 Å². The first kappa shape index (κ1) is 23.3. The zero-order chi connectivity index (χ0) is 23.9. The molecule has 1 saturated heterocycles. The molecule has 174 valence electrons. The van der Waals surface area contributed by atoms with Crippen LogP contribution in [0.2, 0.25) is 0 Å². The topological polar surface area (TPSA) is 89.8 Å². The highest BCUT2D eigenvalue weighted by atomic mass is 19.1. The Kier molecular flexibility index (Phi) is 7.45. The van der Waals surface area contributed by atoms with Crippen LogP contribution >= 0.6 is 0 Å². The van der Waals surface area contributed by atoms with Crippen LogP contribution in [-0.2, 0) is 6.42 Å². The third kappa shape index (κ3) is 5.56. The smallest absolute Gasteiger partial charge is 0.255 e. The summed E-state index contributed by atoms with van der Waals surface area (Å²) in [5, 5.41) is 18.7. The second kappa shape index (κ2) is 10.9. The van der Waals surface area contributed by atoms with Crippen LogP contribution in [0.5, 0.6) is 0 Å². The Labute approximate surface area is 197 Å². The highest BCUT2D eigenvalue weighted by Gasteiger charge is 2.21. The summed E-state index contributed by atoms with van der Waals surface area (Å²) >= 11 is 0. The Hall–Kier alpha value is -3.83. The lowest BCUT2D eigenvalue weighted by Gasteiger charge is -2.16. The van der Waals surface area contributed by atoms with Gasteiger partial charge in [-0.15, -0.1) is 0 Å². The average molecular weight is 462 g/mol. The lowest BCUT2D eigenvalue weighted by molar-refractivity contribution is 0.0950. The molecule has 4 rings (SSSR count). The van der Waals surface area contributed by atoms with E-state index in [1.807, 2.05) is 0 Å². The second-order valence-corrected chi connectivity index (χ2v) is 8.18. The maximum Gasteiger partial charge on any atom is 0.255 e. The first-order valence-corrected chi connectivity index (χ1v) is 11.2. The normalized spacial score (nSPS) is 15.0. The van der Waals surface area contributed by atoms with Crippen molar-refractivity contribution in [2.75, 3.05) is 25.0 Å². The molecule has 1 fully saturated rings. The quantitative estimate of drug-likeness (QED) is 0.471. The first-order chi connectivity index (χ1) is 16.5. The van der Waals surface area contributed by atoms with E-state index >= 15 is 4.39 Å². The van der Waals surface area contributed by atoms with Gasteiger partial charge in [0.1, 0.15) is 23.1 Å². The van der Waals surface area contributed by atoms with Gasteiger partial charge in [-0.3, -0.25) is 4.79 Å². The van der Waals surface area contributed by atoms with Crippen molar-refractivity contribution in [1.29, 1.82) is 5.26 Å². The number of hydrogen-bond acceptors (Lipinski definition) is 5. The summed E-state index contributed by atoms with van der Waals surface area (Å²) in [4.78, 5) is 17.3. The van der Waals surface area contributed by atoms with Crippen LogP contribution in [0.3, 0.4) is 0 Å². The first-order valence-electron chi connectivity index (χ1n) is 11.2. The number of rotatable bonds is 8. The van der Waals surface area contributed by atoms with Crippen LogP contribution in [0.15, 0.2) is 54.6 Å². The van der Waals surface area contributed by atoms with Crippen molar-refractivity contribution < 1.29 is 13.6 Å². The predicted molar refractivity (Wildman–Crippen MR) is 126 cm³/mol. The third-order valence-electron chi connectivity index (χ3n) is 5.79. The summed E-state index contributed by atoms with van der Waals surface area (Å²) in [6, 6.07) is 16.2. The van der Waals surface area contributed by atoms with E-state index in [9.17, 15) is 14.4 Å². The standard InChI is InChI=1S/C26H25F2N5O/c27-19-7-3-5-17(13-19)10-12-31-25-22(26(34)32-16-20-8-4-11-30-20)14-23(28)24(33-25)21-9-2-1-6-18(21)15-29/h1-3,5-7,9,13-14,20,30H,4,8,10-12,16H2,(H,31,33)(H,32,34)/t20-/m1/s1. The van der Waals surface area contributed by atoms with Gasteiger partial charge >= 0.3 is 0 Å². The van der Waals surface area contributed by atoms with Gasteiger partial charge < -0.3 is 16.0 Å². The van der Waals surface area contributed by atoms with Crippen LogP contribution < -0.4 is 16.0 Å². The Balaban J connectivity index is 1.61. The van der Waals surface area contributed by atoms with Gasteiger partial charge in [-0.2, -0.15) is 5.26 Å². The molecule has 0 bridgehead atoms. The minimum Gasteiger partial charge on any atom is -0.369 e. The summed E-state index contributed by atoms with van der Waals surface area (Å²) in [7, 11) is 0. The molecule has 3 N–H and O–H groups in total. The molecule has 0 unspecified atom stereocenters. The predicted octanol–water partition coefficient (Wildman–Crippen LogP) is 4.03. The maximum atomic E-state index is 15.1. The highest BCUT2D eigenvalue weighted by Crippen LogP contribution is 2.28. The van der Waals surface area contributed by atoms with Gasteiger partial charge in [0.05, 0.1) is 17.2 Å². The molecule has 0 radical (unpaired) electrons. The average Bonchev–Trinajstić information content (AvgIpc) is 3.37. The number of amides is 1. The molecule has 1 aliphatic rings. The number of pyridine rings is 1. The second-order valence-electron chi connectivity index (χ2n) is 8.18. The number of halogens is 2. The van der Waals surface area contributed by atoms with E-state index in [1.165, 1.54) is 12.1 Å². The summed E-state index contributed by atoms with van der Waals surface area (Å²) in [5.74, 6) is -1.25. The molecule has 34 heavy (non-hydrogen) atoms. The van der Waals surface area contributed by atoms with Gasteiger partial charge in [0.15, 0.2) is 0 Å². The number of anilines is 1. The maximum absolute atomic E-state index is 15.1. The van der Waals surface area contributed by atoms with Crippen molar-refractivity contribution in [2.45, 2.75) is 25.3 Å². The Morgan fingerprint density at radius 3 is 2.79 bits per heavy atom. The molecule has 0 saturated carbocycles. The molecule has 8 heteroatoms. The molecule has 1 atom stereocenters. The van der Waals surface area contributed by atoms with E-state index in [0.29, 0.717) is 25.1 Å². The van der Waals surface area contributed by atoms with Crippen LogP contribution in [0.25, 0.3) is 11.3 Å². The number of carbonyl (C=O) groups is 1. The van der Waals surface area contributed by atoms with E-state index in [2.05, 4.69) is 27.0 Å². The number of hydrogen-bond donors (Lipinski definition) is 3. The third-order valence-corrected chi connectivity index (χ3v) is 5.79. The van der Waals surface area contributed by atoms with Gasteiger partial charge in [0, 0.05) is 24.7 Å². The molecule has 1 aliphatic heterocycles. The van der Waals surface area contributed by atoms with Crippen LogP contribution in [0, 0.1) is 23.0 Å². The summed E-state index contributed by atoms with van der Waals surface area (Å²) in [6.45, 7) is 1.70. The van der Waals surface area contributed by atoms with Crippen molar-refractivity contribution in [1.82, 2.24) is 15.6 Å². The van der Waals surface area contributed by atoms with E-state index in [-0.39, 0.29) is 34.5 Å². The SMILES string of the molecule is N#Cc1ccccc1-c1nc(NCCc2cccc(F)c2)c(C(=O)NC[C@H]2CCCN2)cc1F. The van der Waals surface area contributed by atoms with Crippen molar-refractivity contribution in [3.8, 4) is 17.3 Å². The number of carbonyl (C=O) groups excluding carboxylic acids is 1. The fourth-order valence-electron chi connectivity index (χ4n) is 4.03. The largest absolute Gasteiger partial charge is 0.369 e. The molecule has 2 heterocycles. The van der Waals surface area contributed by atoms with E-state index < -0.39 is 11.7 Å². The van der Waals surface area contributed by atoms with Gasteiger partial charge in [0.2, 0.25) is 0 Å². The molecule has 1 amide bonds. The van der Waals surface area contributed by atoms with Crippen LogP contribution in [0.1, 0.15) is 34.3 Å². The van der Waals surface area contributed by atoms with Crippen molar-refractivity contribution in [3.63, 3.8) is 0 Å². The van der Waals surface area contributed by atoms with Crippen molar-refractivity contribution in [3.05, 3.63) is 82.9 Å². The molecular formula is C26H25F2N5O. The number of aromatic nitrogens is 1. The molecule has 0 aliphatic carbocycles. The molecule has 3 aromatic rings. The fourth-order valence-corrected chi connectivity index (χ4v) is 4.03. The Morgan fingerprint density at radius 1 is 1.18 bits per heavy atom. The summed E-state index contributed by atoms with van der Waals surface area (Å²) in [5.41, 5.74) is 1.47. The van der Waals surface area contributed by atoms with Crippen LogP contribution in [0.4, 0.5) is 14.6 Å². The lowest BCUT2D eigenvalue weighted by atomic mass is 10.0. The molecule has 0 spiro atoms. The zero-order valence-corrected chi connectivity index (χ0v) is 18.6. The summed E-state index contributed by atoms with van der Waals surface area (Å²) in [6.07, 6.45) is 2.50. The van der Waals surface area contributed by atoms with E-state index in [1.54, 1.807) is 36.4 Å². The number of benzene rings is 2. The number of nitrogens with zero attached hydrogens (tertiary/aromatic N) is 2. The molecule has 6 nitrogen and oxygen atoms in total. The Bertz CT molecular complexity index is 1220. The minimum absolute atomic E-state index is 0.0144. The Morgan fingerprint density at radius 2 is 2.03 bits per heavy atom. The van der Waals surface area contributed by atoms with E-state index in [0.717, 1.165) is 31.0 Å². The van der Waals surface area contributed by atoms with Gasteiger partial charge in [0.25, 0.3) is 5.91 Å². The van der Waals surface area contributed by atoms with Gasteiger partial charge in [-0.05, 0) is 55.6 Å². The molecule has 2 aromatic carbocycles. The zero-order valence-electron chi connectivity index (χ0n) is 18.6. The number of nitriles is 1. The fraction of sp³-hybridized carbons (Fsp3) is 0.269. The van der Waals surface area contributed by atoms with Gasteiger partial charge in [-0.1, -0.05) is 30.3 Å². The molecule has 1 aromatic heterocycles. The monoisotopic (exact) mass is 461 g/mol. The van der Waals surface area contributed by atoms with Crippen LogP contribution in [-0.4, -0.2) is 36.6 Å². The van der Waals surface area contributed by atoms with E-state index in [4.69, 9.17) is 0 Å². The lowest BCUT2D eigenvalue weighted by Crippen LogP contribution is -2.37. The van der Waals surface area contributed by atoms with Crippen molar-refractivity contribution >= 4 is 11.7 Å². The minimum atomic E-state index is -0.692. The highest BCUT2D eigenvalue weighted by molar-refractivity contribution is 5.99. The molecular weight excluding hydrogens is 436 g/mol. The van der Waals surface area contributed by atoms with Gasteiger partial charge in [-0.25, -0.2) is 13.8 Å². The number of nitrogens with one attached hydrogen (secondary N) is 3.